The largest absolute Gasteiger partial charge is 0.450 e. The molecule has 0 unspecified atom stereocenters. The number of benzene rings is 2. The predicted octanol–water partition coefficient (Wildman–Crippen LogP) is 3.31. The van der Waals surface area contributed by atoms with E-state index >= 15 is 0 Å². The predicted molar refractivity (Wildman–Crippen MR) is 92.5 cm³/mol. The normalized spacial score (nSPS) is 8.84. The van der Waals surface area contributed by atoms with Gasteiger partial charge in [0, 0.05) is 6.42 Å². The molecule has 0 fully saturated rings. The zero-order valence-corrected chi connectivity index (χ0v) is 13.6. The van der Waals surface area contributed by atoms with E-state index < -0.39 is 6.09 Å². The van der Waals surface area contributed by atoms with Gasteiger partial charge < -0.3 is 10.5 Å². The Morgan fingerprint density at radius 2 is 1.40 bits per heavy atom. The van der Waals surface area contributed by atoms with Crippen LogP contribution in [0.5, 0.6) is 0 Å². The number of hydrogen-bond donors (Lipinski definition) is 1. The van der Waals surface area contributed by atoms with Gasteiger partial charge in [-0.15, -0.1) is 0 Å². The summed E-state index contributed by atoms with van der Waals surface area (Å²) in [5.74, 6) is 0. The fourth-order valence-electron chi connectivity index (χ4n) is 1.98. The number of primary amides is 1. The first-order valence-electron chi connectivity index (χ1n) is 7.36. The first kappa shape index (κ1) is 19.5. The number of para-hydroxylation sites is 2. The van der Waals surface area contributed by atoms with Crippen LogP contribution < -0.4 is 5.73 Å². The van der Waals surface area contributed by atoms with Crippen LogP contribution in [0.25, 0.3) is 0 Å². The van der Waals surface area contributed by atoms with Crippen LogP contribution in [-0.4, -0.2) is 24.9 Å². The Labute approximate surface area is 144 Å². The summed E-state index contributed by atoms with van der Waals surface area (Å²) in [6, 6.07) is 14.6. The van der Waals surface area contributed by atoms with Crippen LogP contribution in [0.4, 0.5) is 16.2 Å². The van der Waals surface area contributed by atoms with Gasteiger partial charge in [0.25, 0.3) is 0 Å². The lowest BCUT2D eigenvalue weighted by Crippen LogP contribution is -2.11. The second-order valence-corrected chi connectivity index (χ2v) is 4.59. The Hall–Kier alpha value is -3.53. The number of carbonyl (C=O) groups is 1. The monoisotopic (exact) mass is 339 g/mol. The molecule has 0 aliphatic rings. The second-order valence-electron chi connectivity index (χ2n) is 4.59. The van der Waals surface area contributed by atoms with Crippen LogP contribution in [0.15, 0.2) is 58.5 Å². The summed E-state index contributed by atoms with van der Waals surface area (Å²) in [5, 5.41) is 0. The summed E-state index contributed by atoms with van der Waals surface area (Å²) in [4.78, 5) is 37.7. The number of isocyanates is 2. The van der Waals surface area contributed by atoms with Crippen LogP contribution in [0.3, 0.4) is 0 Å². The maximum absolute atomic E-state index is 10.4. The number of hydrogen-bond acceptors (Lipinski definition) is 6. The molecule has 2 aromatic rings. The van der Waals surface area contributed by atoms with Gasteiger partial charge in [-0.05, 0) is 30.2 Å². The van der Waals surface area contributed by atoms with Crippen LogP contribution in [0.1, 0.15) is 18.1 Å². The van der Waals surface area contributed by atoms with Crippen LogP contribution in [0.2, 0.25) is 0 Å². The number of amides is 1. The molecule has 0 aliphatic heterocycles. The van der Waals surface area contributed by atoms with Gasteiger partial charge in [-0.25, -0.2) is 14.4 Å². The van der Waals surface area contributed by atoms with Crippen molar-refractivity contribution in [3.63, 3.8) is 0 Å². The minimum atomic E-state index is -0.711. The lowest BCUT2D eigenvalue weighted by atomic mass is 10.0. The minimum absolute atomic E-state index is 0.356. The molecule has 0 aliphatic carbocycles. The molecule has 0 bridgehead atoms. The van der Waals surface area contributed by atoms with Gasteiger partial charge in [-0.2, -0.15) is 9.98 Å². The molecule has 0 saturated carbocycles. The first-order valence-corrected chi connectivity index (χ1v) is 7.36. The van der Waals surface area contributed by atoms with E-state index in [2.05, 4.69) is 20.5 Å². The van der Waals surface area contributed by atoms with E-state index in [1.54, 1.807) is 31.2 Å². The van der Waals surface area contributed by atoms with Crippen molar-refractivity contribution in [2.45, 2.75) is 13.3 Å². The Balaban J connectivity index is 0.000000450. The first-order chi connectivity index (χ1) is 12.1. The molecule has 25 heavy (non-hydrogen) atoms. The van der Waals surface area contributed by atoms with Crippen molar-refractivity contribution in [3.05, 3.63) is 59.7 Å². The lowest BCUT2D eigenvalue weighted by molar-refractivity contribution is 0.163. The molecule has 0 radical (unpaired) electrons. The maximum atomic E-state index is 10.4. The third-order valence-corrected chi connectivity index (χ3v) is 2.98. The molecular weight excluding hydrogens is 322 g/mol. The van der Waals surface area contributed by atoms with Gasteiger partial charge >= 0.3 is 6.09 Å². The van der Waals surface area contributed by atoms with Gasteiger partial charge in [-0.1, -0.05) is 36.4 Å². The standard InChI is InChI=1S/C15H10N2O2.C3H7NO2/c18-10-16-14-7-3-1-5-12(14)9-13-6-2-4-8-15(13)17-11-19;1-2-6-3(4)5/h1-8H,9H2;2H2,1H3,(H2,4,5). The smallest absolute Gasteiger partial charge is 0.404 e. The fraction of sp³-hybridized carbons (Fsp3) is 0.167. The van der Waals surface area contributed by atoms with E-state index in [0.717, 1.165) is 11.1 Å². The number of nitrogens with zero attached hydrogens (tertiary/aromatic N) is 2. The van der Waals surface area contributed by atoms with Crippen molar-refractivity contribution >= 4 is 29.6 Å². The Bertz CT molecular complexity index is 748. The average molecular weight is 339 g/mol. The molecule has 0 heterocycles. The number of carbonyl (C=O) groups excluding carboxylic acids is 3. The summed E-state index contributed by atoms with van der Waals surface area (Å²) in [5.41, 5.74) is 7.43. The van der Waals surface area contributed by atoms with E-state index in [-0.39, 0.29) is 0 Å². The summed E-state index contributed by atoms with van der Waals surface area (Å²) >= 11 is 0. The van der Waals surface area contributed by atoms with E-state index in [1.165, 1.54) is 12.2 Å². The topological polar surface area (TPSA) is 111 Å². The molecular formula is C18H17N3O4. The summed E-state index contributed by atoms with van der Waals surface area (Å²) < 4.78 is 4.18. The molecule has 2 rings (SSSR count). The number of ether oxygens (including phenoxy) is 1. The van der Waals surface area contributed by atoms with Crippen molar-refractivity contribution in [3.8, 4) is 0 Å². The molecule has 0 atom stereocenters. The van der Waals surface area contributed by atoms with Gasteiger partial charge in [0.05, 0.1) is 18.0 Å². The highest BCUT2D eigenvalue weighted by Crippen LogP contribution is 2.26. The van der Waals surface area contributed by atoms with Crippen molar-refractivity contribution in [2.75, 3.05) is 6.61 Å². The van der Waals surface area contributed by atoms with Crippen molar-refractivity contribution in [2.24, 2.45) is 15.7 Å². The van der Waals surface area contributed by atoms with E-state index in [1.807, 2.05) is 24.3 Å². The average Bonchev–Trinajstić information content (AvgIpc) is 2.59. The number of aliphatic imine (C=N–C) groups is 2. The summed E-state index contributed by atoms with van der Waals surface area (Å²) in [6.45, 7) is 2.06. The number of rotatable bonds is 5. The third kappa shape index (κ3) is 7.05. The Morgan fingerprint density at radius 3 is 1.72 bits per heavy atom. The molecule has 0 saturated heterocycles. The molecule has 128 valence electrons. The van der Waals surface area contributed by atoms with E-state index in [4.69, 9.17) is 0 Å². The third-order valence-electron chi connectivity index (χ3n) is 2.98. The highest BCUT2D eigenvalue weighted by atomic mass is 16.5. The molecule has 7 nitrogen and oxygen atoms in total. The van der Waals surface area contributed by atoms with Gasteiger partial charge in [0.1, 0.15) is 0 Å². The van der Waals surface area contributed by atoms with Gasteiger partial charge in [0.15, 0.2) is 0 Å². The summed E-state index contributed by atoms with van der Waals surface area (Å²) in [6.07, 6.45) is 2.90. The zero-order chi connectivity index (χ0) is 18.5. The molecule has 0 spiro atoms. The Morgan fingerprint density at radius 1 is 0.960 bits per heavy atom. The van der Waals surface area contributed by atoms with Crippen molar-refractivity contribution < 1.29 is 19.1 Å². The number of nitrogens with two attached hydrogens (primary N) is 1. The SMILES string of the molecule is CCOC(N)=O.O=C=Nc1ccccc1Cc1ccccc1N=C=O. The highest BCUT2D eigenvalue weighted by Gasteiger charge is 2.05. The van der Waals surface area contributed by atoms with Crippen molar-refractivity contribution in [1.29, 1.82) is 0 Å². The molecule has 7 heteroatoms. The van der Waals surface area contributed by atoms with Gasteiger partial charge in [-0.3, -0.25) is 0 Å². The lowest BCUT2D eigenvalue weighted by Gasteiger charge is -2.06. The molecule has 2 N–H and O–H groups in total. The highest BCUT2D eigenvalue weighted by molar-refractivity contribution is 5.64. The zero-order valence-electron chi connectivity index (χ0n) is 13.6. The molecule has 1 amide bonds. The second kappa shape index (κ2) is 11.1. The Kier molecular flexibility index (Phi) is 8.65. The van der Waals surface area contributed by atoms with Crippen LogP contribution >= 0.6 is 0 Å². The summed E-state index contributed by atoms with van der Waals surface area (Å²) in [7, 11) is 0. The fourth-order valence-corrected chi connectivity index (χ4v) is 1.98. The van der Waals surface area contributed by atoms with Gasteiger partial charge in [0.2, 0.25) is 12.2 Å². The van der Waals surface area contributed by atoms with Crippen LogP contribution in [-0.2, 0) is 20.7 Å². The maximum Gasteiger partial charge on any atom is 0.404 e. The van der Waals surface area contributed by atoms with E-state index in [0.29, 0.717) is 24.4 Å². The minimum Gasteiger partial charge on any atom is -0.450 e. The van der Waals surface area contributed by atoms with Crippen molar-refractivity contribution in [1.82, 2.24) is 0 Å². The molecule has 2 aromatic carbocycles. The quantitative estimate of drug-likeness (QED) is 0.665. The molecule has 0 aromatic heterocycles. The van der Waals surface area contributed by atoms with Crippen LogP contribution in [0, 0.1) is 0 Å². The van der Waals surface area contributed by atoms with E-state index in [9.17, 15) is 14.4 Å².